The fourth-order valence-corrected chi connectivity index (χ4v) is 3.02. The van der Waals surface area contributed by atoms with Gasteiger partial charge in [0, 0.05) is 23.9 Å². The van der Waals surface area contributed by atoms with Crippen molar-refractivity contribution in [2.45, 2.75) is 19.4 Å². The van der Waals surface area contributed by atoms with Crippen LogP contribution in [0, 0.1) is 0 Å². The topological polar surface area (TPSA) is 84.0 Å². The summed E-state index contributed by atoms with van der Waals surface area (Å²) in [5.74, 6) is -0.224. The third-order valence-electron chi connectivity index (χ3n) is 4.43. The Bertz CT molecular complexity index is 1000. The Labute approximate surface area is 156 Å². The first-order valence-corrected chi connectivity index (χ1v) is 8.77. The molecule has 3 heterocycles. The van der Waals surface area contributed by atoms with Gasteiger partial charge in [0.05, 0.1) is 23.6 Å². The highest BCUT2D eigenvalue weighted by atomic mass is 16.2. The van der Waals surface area contributed by atoms with Crippen molar-refractivity contribution in [3.05, 3.63) is 77.6 Å². The summed E-state index contributed by atoms with van der Waals surface area (Å²) in [6, 6.07) is 16.7. The second-order valence-corrected chi connectivity index (χ2v) is 6.33. The first-order valence-electron chi connectivity index (χ1n) is 8.77. The van der Waals surface area contributed by atoms with Crippen LogP contribution in [0.1, 0.15) is 28.0 Å². The molecule has 0 bridgehead atoms. The van der Waals surface area contributed by atoms with Gasteiger partial charge in [0.1, 0.15) is 0 Å². The molecule has 0 atom stereocenters. The first-order chi connectivity index (χ1) is 13.2. The number of nitrogens with zero attached hydrogens (tertiary/aromatic N) is 2. The van der Waals surface area contributed by atoms with Gasteiger partial charge in [0.25, 0.3) is 5.91 Å². The van der Waals surface area contributed by atoms with Crippen molar-refractivity contribution in [2.75, 3.05) is 5.32 Å². The van der Waals surface area contributed by atoms with Crippen LogP contribution in [0.2, 0.25) is 0 Å². The van der Waals surface area contributed by atoms with E-state index in [2.05, 4.69) is 20.6 Å². The van der Waals surface area contributed by atoms with Gasteiger partial charge < -0.3 is 10.6 Å². The van der Waals surface area contributed by atoms with E-state index in [0.29, 0.717) is 30.6 Å². The lowest BCUT2D eigenvalue weighted by atomic mass is 10.0. The molecule has 1 aliphatic rings. The van der Waals surface area contributed by atoms with Crippen molar-refractivity contribution in [3.8, 4) is 11.4 Å². The molecule has 0 fully saturated rings. The van der Waals surface area contributed by atoms with Crippen LogP contribution in [-0.4, -0.2) is 21.8 Å². The number of carbonyl (C=O) groups is 2. The average Bonchev–Trinajstić information content (AvgIpc) is 2.72. The fourth-order valence-electron chi connectivity index (χ4n) is 3.02. The maximum atomic E-state index is 12.5. The van der Waals surface area contributed by atoms with E-state index in [0.717, 1.165) is 22.6 Å². The molecule has 0 aliphatic carbocycles. The maximum absolute atomic E-state index is 12.5. The molecule has 27 heavy (non-hydrogen) atoms. The summed E-state index contributed by atoms with van der Waals surface area (Å²) in [5, 5.41) is 5.69. The van der Waals surface area contributed by atoms with Gasteiger partial charge in [-0.15, -0.1) is 0 Å². The minimum Gasteiger partial charge on any atom is -0.346 e. The summed E-state index contributed by atoms with van der Waals surface area (Å²) in [5.41, 5.74) is 4.58. The fraction of sp³-hybridized carbons (Fsp3) is 0.143. The van der Waals surface area contributed by atoms with Gasteiger partial charge >= 0.3 is 0 Å². The number of pyridine rings is 2. The molecule has 4 rings (SSSR count). The summed E-state index contributed by atoms with van der Waals surface area (Å²) in [6.45, 7) is 0.308. The van der Waals surface area contributed by atoms with Gasteiger partial charge in [-0.1, -0.05) is 18.2 Å². The quantitative estimate of drug-likeness (QED) is 0.751. The van der Waals surface area contributed by atoms with Crippen molar-refractivity contribution < 1.29 is 9.59 Å². The monoisotopic (exact) mass is 358 g/mol. The van der Waals surface area contributed by atoms with Crippen molar-refractivity contribution in [1.29, 1.82) is 0 Å². The number of rotatable bonds is 4. The Morgan fingerprint density at radius 3 is 2.78 bits per heavy atom. The Kier molecular flexibility index (Phi) is 4.61. The lowest BCUT2D eigenvalue weighted by Gasteiger charge is -2.17. The molecule has 1 aliphatic heterocycles. The number of fused-ring (bicyclic) bond motifs is 1. The number of carbonyl (C=O) groups excluding carboxylic acids is 2. The molecule has 6 nitrogen and oxygen atoms in total. The van der Waals surface area contributed by atoms with Crippen molar-refractivity contribution in [3.63, 3.8) is 0 Å². The minimum absolute atomic E-state index is 0.0180. The zero-order chi connectivity index (χ0) is 18.6. The van der Waals surface area contributed by atoms with E-state index in [-0.39, 0.29) is 11.8 Å². The van der Waals surface area contributed by atoms with E-state index in [1.807, 2.05) is 42.5 Å². The van der Waals surface area contributed by atoms with E-state index in [1.165, 1.54) is 0 Å². The van der Waals surface area contributed by atoms with Crippen LogP contribution in [0.15, 0.2) is 60.8 Å². The zero-order valence-corrected chi connectivity index (χ0v) is 14.6. The van der Waals surface area contributed by atoms with Crippen LogP contribution in [0.25, 0.3) is 11.4 Å². The van der Waals surface area contributed by atoms with Crippen LogP contribution >= 0.6 is 0 Å². The average molecular weight is 358 g/mol. The summed E-state index contributed by atoms with van der Waals surface area (Å²) in [4.78, 5) is 32.9. The first kappa shape index (κ1) is 16.9. The molecule has 6 heteroatoms. The number of nitrogens with one attached hydrogen (secondary N) is 2. The molecule has 0 spiro atoms. The molecule has 1 aromatic carbocycles. The number of anilines is 1. The maximum Gasteiger partial charge on any atom is 0.251 e. The third-order valence-corrected chi connectivity index (χ3v) is 4.43. The summed E-state index contributed by atoms with van der Waals surface area (Å²) < 4.78 is 0. The summed E-state index contributed by atoms with van der Waals surface area (Å²) in [6.07, 6.45) is 2.91. The van der Waals surface area contributed by atoms with Crippen molar-refractivity contribution >= 4 is 17.5 Å². The Balaban J connectivity index is 1.45. The molecule has 0 radical (unpaired) electrons. The predicted octanol–water partition coefficient (Wildman–Crippen LogP) is 2.96. The van der Waals surface area contributed by atoms with Crippen LogP contribution < -0.4 is 10.6 Å². The van der Waals surface area contributed by atoms with Gasteiger partial charge in [0.2, 0.25) is 5.91 Å². The number of hydrogen-bond acceptors (Lipinski definition) is 4. The predicted molar refractivity (Wildman–Crippen MR) is 102 cm³/mol. The molecule has 2 amide bonds. The lowest BCUT2D eigenvalue weighted by Crippen LogP contribution is -2.24. The highest BCUT2D eigenvalue weighted by Gasteiger charge is 2.16. The van der Waals surface area contributed by atoms with Crippen molar-refractivity contribution in [2.24, 2.45) is 0 Å². The summed E-state index contributed by atoms with van der Waals surface area (Å²) in [7, 11) is 0. The molecular formula is C21H18N4O2. The zero-order valence-electron chi connectivity index (χ0n) is 14.6. The summed E-state index contributed by atoms with van der Waals surface area (Å²) >= 11 is 0. The lowest BCUT2D eigenvalue weighted by molar-refractivity contribution is -0.116. The normalized spacial score (nSPS) is 12.8. The van der Waals surface area contributed by atoms with E-state index >= 15 is 0 Å². The number of amides is 2. The number of benzene rings is 1. The number of hydrogen-bond donors (Lipinski definition) is 2. The molecule has 0 unspecified atom stereocenters. The van der Waals surface area contributed by atoms with Crippen molar-refractivity contribution in [1.82, 2.24) is 15.3 Å². The minimum atomic E-state index is -0.206. The van der Waals surface area contributed by atoms with Crippen LogP contribution in [-0.2, 0) is 17.8 Å². The highest BCUT2D eigenvalue weighted by Crippen LogP contribution is 2.23. The SMILES string of the molecule is O=C1CCc2ccc(C(=O)NCc3cccc(-c4ccccn4)n3)cc2N1. The van der Waals surface area contributed by atoms with Gasteiger partial charge in [-0.05, 0) is 48.4 Å². The van der Waals surface area contributed by atoms with Crippen LogP contribution in [0.4, 0.5) is 5.69 Å². The van der Waals surface area contributed by atoms with E-state index in [4.69, 9.17) is 0 Å². The molecule has 0 saturated carbocycles. The van der Waals surface area contributed by atoms with Gasteiger partial charge in [0.15, 0.2) is 0 Å². The van der Waals surface area contributed by atoms with E-state index in [9.17, 15) is 9.59 Å². The molecule has 3 aromatic rings. The Morgan fingerprint density at radius 2 is 1.93 bits per heavy atom. The smallest absolute Gasteiger partial charge is 0.251 e. The largest absolute Gasteiger partial charge is 0.346 e. The molecule has 0 saturated heterocycles. The second-order valence-electron chi connectivity index (χ2n) is 6.33. The molecule has 134 valence electrons. The van der Waals surface area contributed by atoms with E-state index in [1.54, 1.807) is 18.3 Å². The third kappa shape index (κ3) is 3.84. The Hall–Kier alpha value is -3.54. The van der Waals surface area contributed by atoms with Crippen LogP contribution in [0.5, 0.6) is 0 Å². The number of aryl methyl sites for hydroxylation is 1. The standard InChI is InChI=1S/C21H18N4O2/c26-20-10-9-14-7-8-15(12-19(14)25-20)21(27)23-13-16-4-3-6-18(24-16)17-5-1-2-11-22-17/h1-8,11-12H,9-10,13H2,(H,23,27)(H,25,26). The van der Waals surface area contributed by atoms with Crippen LogP contribution in [0.3, 0.4) is 0 Å². The molecular weight excluding hydrogens is 340 g/mol. The second kappa shape index (κ2) is 7.37. The number of aromatic nitrogens is 2. The van der Waals surface area contributed by atoms with Gasteiger partial charge in [-0.25, -0.2) is 4.98 Å². The van der Waals surface area contributed by atoms with Gasteiger partial charge in [-0.3, -0.25) is 14.6 Å². The highest BCUT2D eigenvalue weighted by molar-refractivity contribution is 5.98. The Morgan fingerprint density at radius 1 is 1.04 bits per heavy atom. The van der Waals surface area contributed by atoms with E-state index < -0.39 is 0 Å². The van der Waals surface area contributed by atoms with Gasteiger partial charge in [-0.2, -0.15) is 0 Å². The molecule has 2 N–H and O–H groups in total. The molecule has 2 aromatic heterocycles.